The molecule has 114 valence electrons. The Labute approximate surface area is 123 Å². The molecule has 0 amide bonds. The average molecular weight is 294 g/mol. The summed E-state index contributed by atoms with van der Waals surface area (Å²) in [6, 6.07) is 3.84. The molecule has 5 heteroatoms. The summed E-state index contributed by atoms with van der Waals surface area (Å²) in [6.45, 7) is 2.90. The molecule has 0 aliphatic heterocycles. The Kier molecular flexibility index (Phi) is 5.44. The van der Waals surface area contributed by atoms with Gasteiger partial charge in [0.1, 0.15) is 11.3 Å². The van der Waals surface area contributed by atoms with Gasteiger partial charge >= 0.3 is 0 Å². The number of nitrogens with zero attached hydrogens (tertiary/aromatic N) is 1. The molecule has 1 heterocycles. The number of hydrogen-bond acceptors (Lipinski definition) is 3. The molecular formula is C16H20F2N2O. The van der Waals surface area contributed by atoms with Crippen LogP contribution in [0.15, 0.2) is 24.4 Å². The quantitative estimate of drug-likeness (QED) is 0.818. The van der Waals surface area contributed by atoms with Gasteiger partial charge in [0, 0.05) is 36.5 Å². The summed E-state index contributed by atoms with van der Waals surface area (Å²) in [5, 5.41) is 12.7. The summed E-state index contributed by atoms with van der Waals surface area (Å²) in [5.41, 5.74) is 0.827. The molecular weight excluding hydrogens is 274 g/mol. The summed E-state index contributed by atoms with van der Waals surface area (Å²) in [4.78, 5) is 3.96. The van der Waals surface area contributed by atoms with Gasteiger partial charge in [0.05, 0.1) is 0 Å². The fraction of sp³-hybridized carbons (Fsp3) is 0.438. The van der Waals surface area contributed by atoms with Crippen LogP contribution in [0.2, 0.25) is 0 Å². The molecule has 2 aromatic rings. The molecule has 1 aromatic heterocycles. The van der Waals surface area contributed by atoms with Crippen LogP contribution in [-0.4, -0.2) is 23.2 Å². The molecule has 0 saturated carbocycles. The van der Waals surface area contributed by atoms with Crippen molar-refractivity contribution in [3.63, 3.8) is 0 Å². The first-order chi connectivity index (χ1) is 10.2. The summed E-state index contributed by atoms with van der Waals surface area (Å²) >= 11 is 0. The second-order valence-electron chi connectivity index (χ2n) is 5.19. The Morgan fingerprint density at radius 2 is 2.10 bits per heavy atom. The molecule has 0 aliphatic rings. The summed E-state index contributed by atoms with van der Waals surface area (Å²) < 4.78 is 27.1. The zero-order valence-corrected chi connectivity index (χ0v) is 12.1. The van der Waals surface area contributed by atoms with E-state index in [1.165, 1.54) is 12.3 Å². The highest BCUT2D eigenvalue weighted by molar-refractivity contribution is 5.91. The fourth-order valence-electron chi connectivity index (χ4n) is 2.53. The highest BCUT2D eigenvalue weighted by Crippen LogP contribution is 2.25. The number of aromatic nitrogens is 1. The van der Waals surface area contributed by atoms with Crippen molar-refractivity contribution in [1.82, 2.24) is 4.98 Å². The van der Waals surface area contributed by atoms with Crippen molar-refractivity contribution in [2.24, 2.45) is 5.92 Å². The smallest absolute Gasteiger partial charge is 0.152 e. The summed E-state index contributed by atoms with van der Waals surface area (Å²) in [6.07, 6.45) is 4.26. The standard InChI is InChI=1S/C16H20F2N2O/c1-2-3-11(5-7-21)10-20-15-4-6-19-16-13(15)8-12(17)9-14(16)18/h4,6,8-9,11,21H,2-3,5,7,10H2,1H3,(H,19,20). The van der Waals surface area contributed by atoms with Gasteiger partial charge in [0.2, 0.25) is 0 Å². The number of nitrogens with one attached hydrogen (secondary N) is 1. The monoisotopic (exact) mass is 294 g/mol. The Morgan fingerprint density at radius 3 is 2.81 bits per heavy atom. The molecule has 0 fully saturated rings. The number of hydrogen-bond donors (Lipinski definition) is 2. The molecule has 0 bridgehead atoms. The number of aliphatic hydroxyl groups is 1. The van der Waals surface area contributed by atoms with Gasteiger partial charge in [-0.1, -0.05) is 13.3 Å². The van der Waals surface area contributed by atoms with E-state index < -0.39 is 11.6 Å². The van der Waals surface area contributed by atoms with Gasteiger partial charge in [-0.2, -0.15) is 0 Å². The van der Waals surface area contributed by atoms with Gasteiger partial charge in [-0.05, 0) is 30.9 Å². The molecule has 3 nitrogen and oxygen atoms in total. The molecule has 21 heavy (non-hydrogen) atoms. The second kappa shape index (κ2) is 7.31. The number of halogens is 2. The maximum atomic E-state index is 13.7. The van der Waals surface area contributed by atoms with Crippen molar-refractivity contribution in [3.8, 4) is 0 Å². The Bertz CT molecular complexity index is 598. The number of rotatable bonds is 7. The van der Waals surface area contributed by atoms with Gasteiger partial charge in [0.25, 0.3) is 0 Å². The molecule has 1 unspecified atom stereocenters. The number of anilines is 1. The number of fused-ring (bicyclic) bond motifs is 1. The summed E-state index contributed by atoms with van der Waals surface area (Å²) in [7, 11) is 0. The predicted octanol–water partition coefficient (Wildman–Crippen LogP) is 3.72. The molecule has 1 aromatic carbocycles. The molecule has 2 N–H and O–H groups in total. The number of aliphatic hydroxyl groups excluding tert-OH is 1. The molecule has 0 aliphatic carbocycles. The second-order valence-corrected chi connectivity index (χ2v) is 5.19. The minimum atomic E-state index is -0.658. The normalized spacial score (nSPS) is 12.6. The Balaban J connectivity index is 2.22. The van der Waals surface area contributed by atoms with Crippen molar-refractivity contribution in [3.05, 3.63) is 36.0 Å². The molecule has 0 saturated heterocycles. The molecule has 0 radical (unpaired) electrons. The first-order valence-corrected chi connectivity index (χ1v) is 7.24. The van der Waals surface area contributed by atoms with Crippen LogP contribution in [0.1, 0.15) is 26.2 Å². The third-order valence-corrected chi connectivity index (χ3v) is 3.58. The van der Waals surface area contributed by atoms with Crippen LogP contribution in [0.25, 0.3) is 10.9 Å². The lowest BCUT2D eigenvalue weighted by atomic mass is 10.00. The van der Waals surface area contributed by atoms with Gasteiger partial charge in [-0.15, -0.1) is 0 Å². The van der Waals surface area contributed by atoms with E-state index in [2.05, 4.69) is 17.2 Å². The van der Waals surface area contributed by atoms with Crippen LogP contribution in [-0.2, 0) is 0 Å². The van der Waals surface area contributed by atoms with E-state index in [1.807, 2.05) is 0 Å². The van der Waals surface area contributed by atoms with E-state index in [0.717, 1.165) is 18.9 Å². The zero-order chi connectivity index (χ0) is 15.2. The lowest BCUT2D eigenvalue weighted by Gasteiger charge is -2.17. The highest BCUT2D eigenvalue weighted by Gasteiger charge is 2.11. The maximum Gasteiger partial charge on any atom is 0.152 e. The SMILES string of the molecule is CCCC(CCO)CNc1ccnc2c(F)cc(F)cc12. The lowest BCUT2D eigenvalue weighted by Crippen LogP contribution is -2.16. The average Bonchev–Trinajstić information content (AvgIpc) is 2.45. The van der Waals surface area contributed by atoms with Crippen molar-refractivity contribution in [2.45, 2.75) is 26.2 Å². The van der Waals surface area contributed by atoms with E-state index >= 15 is 0 Å². The maximum absolute atomic E-state index is 13.7. The van der Waals surface area contributed by atoms with Crippen LogP contribution in [0.3, 0.4) is 0 Å². The summed E-state index contributed by atoms with van der Waals surface area (Å²) in [5.74, 6) is -0.938. The van der Waals surface area contributed by atoms with Gasteiger partial charge in [-0.25, -0.2) is 8.78 Å². The Morgan fingerprint density at radius 1 is 1.29 bits per heavy atom. The Hall–Kier alpha value is -1.75. The molecule has 1 atom stereocenters. The van der Waals surface area contributed by atoms with Gasteiger partial charge in [-0.3, -0.25) is 4.98 Å². The number of pyridine rings is 1. The van der Waals surface area contributed by atoms with Crippen LogP contribution >= 0.6 is 0 Å². The lowest BCUT2D eigenvalue weighted by molar-refractivity contribution is 0.255. The zero-order valence-electron chi connectivity index (χ0n) is 12.1. The van der Waals surface area contributed by atoms with E-state index in [0.29, 0.717) is 30.0 Å². The highest BCUT2D eigenvalue weighted by atomic mass is 19.1. The van der Waals surface area contributed by atoms with Crippen LogP contribution in [0.5, 0.6) is 0 Å². The minimum absolute atomic E-state index is 0.146. The van der Waals surface area contributed by atoms with Crippen molar-refractivity contribution in [1.29, 1.82) is 0 Å². The van der Waals surface area contributed by atoms with Crippen molar-refractivity contribution >= 4 is 16.6 Å². The third kappa shape index (κ3) is 3.88. The van der Waals surface area contributed by atoms with E-state index in [1.54, 1.807) is 6.07 Å². The fourth-order valence-corrected chi connectivity index (χ4v) is 2.53. The first-order valence-electron chi connectivity index (χ1n) is 7.24. The topological polar surface area (TPSA) is 45.1 Å². The minimum Gasteiger partial charge on any atom is -0.396 e. The van der Waals surface area contributed by atoms with Crippen molar-refractivity contribution in [2.75, 3.05) is 18.5 Å². The molecule has 0 spiro atoms. The number of benzene rings is 1. The van der Waals surface area contributed by atoms with E-state index in [9.17, 15) is 8.78 Å². The van der Waals surface area contributed by atoms with E-state index in [4.69, 9.17) is 5.11 Å². The largest absolute Gasteiger partial charge is 0.396 e. The van der Waals surface area contributed by atoms with Crippen LogP contribution < -0.4 is 5.32 Å². The van der Waals surface area contributed by atoms with Crippen molar-refractivity contribution < 1.29 is 13.9 Å². The van der Waals surface area contributed by atoms with Crippen LogP contribution in [0.4, 0.5) is 14.5 Å². The van der Waals surface area contributed by atoms with Crippen LogP contribution in [0, 0.1) is 17.6 Å². The third-order valence-electron chi connectivity index (χ3n) is 3.58. The predicted molar refractivity (Wildman–Crippen MR) is 80.2 cm³/mol. The molecule has 2 rings (SSSR count). The van der Waals surface area contributed by atoms with E-state index in [-0.39, 0.29) is 12.1 Å². The van der Waals surface area contributed by atoms with Gasteiger partial charge in [0.15, 0.2) is 5.82 Å². The first kappa shape index (κ1) is 15.6. The van der Waals surface area contributed by atoms with Gasteiger partial charge < -0.3 is 10.4 Å².